The number of benzene rings is 3. The fraction of sp³-hybridized carbons (Fsp3) is 0.241. The van der Waals surface area contributed by atoms with Gasteiger partial charge in [-0.3, -0.25) is 14.4 Å². The summed E-state index contributed by atoms with van der Waals surface area (Å²) in [5.74, 6) is -0.0914. The van der Waals surface area contributed by atoms with Gasteiger partial charge in [0, 0.05) is 11.6 Å². The molecule has 188 valence electrons. The normalized spacial score (nSPS) is 16.3. The molecule has 0 radical (unpaired) electrons. The van der Waals surface area contributed by atoms with Gasteiger partial charge in [0.05, 0.1) is 12.1 Å². The number of carbonyl (C=O) groups excluding carboxylic acids is 3. The SMILES string of the molecule is CCC(C)N(C(=O)COc1ccccc1)C1CC(=O)N(c2ccc(-c3nc4ccccc4o3)cc2)C1=O. The Kier molecular flexibility index (Phi) is 6.72. The van der Waals surface area contributed by atoms with Crippen molar-refractivity contribution in [2.45, 2.75) is 38.8 Å². The van der Waals surface area contributed by atoms with E-state index >= 15 is 0 Å². The Morgan fingerprint density at radius 1 is 1.05 bits per heavy atom. The lowest BCUT2D eigenvalue weighted by Crippen LogP contribution is -2.51. The number of hydrogen-bond donors (Lipinski definition) is 0. The second-order valence-electron chi connectivity index (χ2n) is 8.98. The zero-order chi connectivity index (χ0) is 25.9. The van der Waals surface area contributed by atoms with Crippen LogP contribution in [0.5, 0.6) is 5.75 Å². The molecular formula is C29H27N3O5. The van der Waals surface area contributed by atoms with Crippen LogP contribution in [0, 0.1) is 0 Å². The molecule has 2 atom stereocenters. The highest BCUT2D eigenvalue weighted by Crippen LogP contribution is 2.30. The first kappa shape index (κ1) is 24.2. The summed E-state index contributed by atoms with van der Waals surface area (Å²) in [5.41, 5.74) is 2.60. The van der Waals surface area contributed by atoms with Crippen LogP contribution in [0.3, 0.4) is 0 Å². The summed E-state index contributed by atoms with van der Waals surface area (Å²) in [6.07, 6.45) is 0.557. The average Bonchev–Trinajstić information content (AvgIpc) is 3.48. The highest BCUT2D eigenvalue weighted by molar-refractivity contribution is 6.23. The van der Waals surface area contributed by atoms with Gasteiger partial charge in [-0.05, 0) is 61.9 Å². The molecule has 4 aromatic rings. The molecule has 8 nitrogen and oxygen atoms in total. The fourth-order valence-electron chi connectivity index (χ4n) is 4.51. The van der Waals surface area contributed by atoms with E-state index in [0.717, 1.165) is 16.0 Å². The van der Waals surface area contributed by atoms with Crippen LogP contribution in [-0.4, -0.2) is 46.3 Å². The van der Waals surface area contributed by atoms with E-state index in [0.29, 0.717) is 29.3 Å². The van der Waals surface area contributed by atoms with Crippen LogP contribution in [-0.2, 0) is 14.4 Å². The molecule has 2 heterocycles. The number of nitrogens with zero attached hydrogens (tertiary/aromatic N) is 3. The van der Waals surface area contributed by atoms with Crippen LogP contribution in [0.2, 0.25) is 0 Å². The number of imide groups is 1. The Morgan fingerprint density at radius 3 is 2.46 bits per heavy atom. The van der Waals surface area contributed by atoms with E-state index in [4.69, 9.17) is 9.15 Å². The van der Waals surface area contributed by atoms with Crippen molar-refractivity contribution in [1.82, 2.24) is 9.88 Å². The molecular weight excluding hydrogens is 470 g/mol. The molecule has 0 aliphatic carbocycles. The molecule has 5 rings (SSSR count). The third-order valence-electron chi connectivity index (χ3n) is 6.58. The largest absolute Gasteiger partial charge is 0.484 e. The molecule has 0 bridgehead atoms. The Hall–Kier alpha value is -4.46. The molecule has 37 heavy (non-hydrogen) atoms. The molecule has 3 aromatic carbocycles. The van der Waals surface area contributed by atoms with Crippen LogP contribution < -0.4 is 9.64 Å². The third kappa shape index (κ3) is 4.82. The third-order valence-corrected chi connectivity index (χ3v) is 6.58. The zero-order valence-electron chi connectivity index (χ0n) is 20.7. The van der Waals surface area contributed by atoms with Crippen molar-refractivity contribution in [3.63, 3.8) is 0 Å². The molecule has 8 heteroatoms. The number of ether oxygens (including phenoxy) is 1. The van der Waals surface area contributed by atoms with Gasteiger partial charge in [0.1, 0.15) is 17.3 Å². The number of para-hydroxylation sites is 3. The van der Waals surface area contributed by atoms with Crippen molar-refractivity contribution in [1.29, 1.82) is 0 Å². The number of hydrogen-bond acceptors (Lipinski definition) is 6. The number of anilines is 1. The smallest absolute Gasteiger partial charge is 0.261 e. The van der Waals surface area contributed by atoms with Gasteiger partial charge in [-0.2, -0.15) is 0 Å². The summed E-state index contributed by atoms with van der Waals surface area (Å²) in [6, 6.07) is 22.3. The molecule has 3 amide bonds. The van der Waals surface area contributed by atoms with E-state index in [1.807, 2.05) is 56.3 Å². The zero-order valence-corrected chi connectivity index (χ0v) is 20.7. The molecule has 1 saturated heterocycles. The highest BCUT2D eigenvalue weighted by atomic mass is 16.5. The fourth-order valence-corrected chi connectivity index (χ4v) is 4.51. The first-order valence-electron chi connectivity index (χ1n) is 12.3. The molecule has 1 fully saturated rings. The predicted octanol–water partition coefficient (Wildman–Crippen LogP) is 4.83. The molecule has 0 N–H and O–H groups in total. The first-order chi connectivity index (χ1) is 18.0. The molecule has 2 unspecified atom stereocenters. The second kappa shape index (κ2) is 10.3. The van der Waals surface area contributed by atoms with Crippen molar-refractivity contribution in [2.75, 3.05) is 11.5 Å². The van der Waals surface area contributed by atoms with Gasteiger partial charge >= 0.3 is 0 Å². The van der Waals surface area contributed by atoms with E-state index in [1.165, 1.54) is 4.90 Å². The van der Waals surface area contributed by atoms with Crippen molar-refractivity contribution in [2.24, 2.45) is 0 Å². The van der Waals surface area contributed by atoms with Crippen LogP contribution in [0.25, 0.3) is 22.6 Å². The molecule has 0 spiro atoms. The maximum Gasteiger partial charge on any atom is 0.261 e. The number of amides is 3. The lowest BCUT2D eigenvalue weighted by atomic mass is 10.1. The Bertz CT molecular complexity index is 1400. The van der Waals surface area contributed by atoms with Crippen LogP contribution in [0.4, 0.5) is 5.69 Å². The van der Waals surface area contributed by atoms with Crippen molar-refractivity contribution in [3.05, 3.63) is 78.9 Å². The van der Waals surface area contributed by atoms with Crippen LogP contribution in [0.15, 0.2) is 83.3 Å². The Morgan fingerprint density at radius 2 is 1.76 bits per heavy atom. The number of oxazole rings is 1. The summed E-state index contributed by atoms with van der Waals surface area (Å²) < 4.78 is 11.5. The minimum Gasteiger partial charge on any atom is -0.484 e. The van der Waals surface area contributed by atoms with Gasteiger partial charge in [-0.15, -0.1) is 0 Å². The van der Waals surface area contributed by atoms with Gasteiger partial charge < -0.3 is 14.1 Å². The summed E-state index contributed by atoms with van der Waals surface area (Å²) in [4.78, 5) is 46.8. The number of rotatable bonds is 8. The van der Waals surface area contributed by atoms with Gasteiger partial charge in [-0.1, -0.05) is 37.3 Å². The van der Waals surface area contributed by atoms with Gasteiger partial charge in [0.2, 0.25) is 11.8 Å². The van der Waals surface area contributed by atoms with Crippen LogP contribution in [0.1, 0.15) is 26.7 Å². The first-order valence-corrected chi connectivity index (χ1v) is 12.3. The lowest BCUT2D eigenvalue weighted by Gasteiger charge is -2.32. The molecule has 1 aliphatic heterocycles. The quantitative estimate of drug-likeness (QED) is 0.324. The van der Waals surface area contributed by atoms with Gasteiger partial charge in [0.15, 0.2) is 12.2 Å². The summed E-state index contributed by atoms with van der Waals surface area (Å²) >= 11 is 0. The lowest BCUT2D eigenvalue weighted by molar-refractivity contribution is -0.142. The van der Waals surface area contributed by atoms with Crippen molar-refractivity contribution < 1.29 is 23.5 Å². The second-order valence-corrected chi connectivity index (χ2v) is 8.98. The predicted molar refractivity (Wildman–Crippen MR) is 139 cm³/mol. The summed E-state index contributed by atoms with van der Waals surface area (Å²) in [5, 5.41) is 0. The van der Waals surface area contributed by atoms with Crippen LogP contribution >= 0.6 is 0 Å². The Labute approximate surface area is 214 Å². The maximum atomic E-state index is 13.5. The topological polar surface area (TPSA) is 92.9 Å². The van der Waals surface area contributed by atoms with E-state index < -0.39 is 11.9 Å². The van der Waals surface area contributed by atoms with E-state index in [9.17, 15) is 14.4 Å². The van der Waals surface area contributed by atoms with Crippen molar-refractivity contribution >= 4 is 34.5 Å². The summed E-state index contributed by atoms with van der Waals surface area (Å²) in [6.45, 7) is 3.59. The molecule has 1 aliphatic rings. The Balaban J connectivity index is 1.34. The minimum absolute atomic E-state index is 0.0763. The minimum atomic E-state index is -0.883. The molecule has 0 saturated carbocycles. The monoisotopic (exact) mass is 497 g/mol. The van der Waals surface area contributed by atoms with E-state index in [1.54, 1.807) is 36.4 Å². The average molecular weight is 498 g/mol. The number of aromatic nitrogens is 1. The standard InChI is InChI=1S/C29H27N3O5/c1-3-19(2)31(27(34)18-36-22-9-5-4-6-10-22)24-17-26(33)32(29(24)35)21-15-13-20(14-16-21)28-30-23-11-7-8-12-25(23)37-28/h4-16,19,24H,3,17-18H2,1-2H3. The molecule has 1 aromatic heterocycles. The van der Waals surface area contributed by atoms with E-state index in [-0.39, 0.29) is 30.9 Å². The van der Waals surface area contributed by atoms with Gasteiger partial charge in [-0.25, -0.2) is 9.88 Å². The number of carbonyl (C=O) groups is 3. The maximum absolute atomic E-state index is 13.5. The summed E-state index contributed by atoms with van der Waals surface area (Å²) in [7, 11) is 0. The number of fused-ring (bicyclic) bond motifs is 1. The van der Waals surface area contributed by atoms with Crippen molar-refractivity contribution in [3.8, 4) is 17.2 Å². The highest BCUT2D eigenvalue weighted by Gasteiger charge is 2.45. The van der Waals surface area contributed by atoms with Gasteiger partial charge in [0.25, 0.3) is 11.8 Å². The van der Waals surface area contributed by atoms with E-state index in [2.05, 4.69) is 4.98 Å².